The van der Waals surface area contributed by atoms with Crippen molar-refractivity contribution in [2.24, 2.45) is 0 Å². The maximum atomic E-state index is 6.83. The molecule has 2 aromatic rings. The van der Waals surface area contributed by atoms with E-state index in [2.05, 4.69) is 85.6 Å². The van der Waals surface area contributed by atoms with Gasteiger partial charge < -0.3 is 10.1 Å². The van der Waals surface area contributed by atoms with Crippen molar-refractivity contribution in [3.05, 3.63) is 71.8 Å². The third-order valence-electron chi connectivity index (χ3n) is 5.14. The molecule has 0 bridgehead atoms. The minimum atomic E-state index is -1.14. The third kappa shape index (κ3) is 4.22. The quantitative estimate of drug-likeness (QED) is 0.704. The summed E-state index contributed by atoms with van der Waals surface area (Å²) in [4.78, 5) is 0. The standard InChI is InChI=1S/C22H31NOSi/c1-25(2,3)18-17-24-22(21-15-10-16-23-21,19-11-6-4-7-12-19)20-13-8-5-9-14-20/h4-9,11-14,21,23H,10,15-18H2,1-3H3/t21-/m0/s1. The first-order valence-corrected chi connectivity index (χ1v) is 13.2. The summed E-state index contributed by atoms with van der Waals surface area (Å²) >= 11 is 0. The lowest BCUT2D eigenvalue weighted by atomic mass is 9.79. The van der Waals surface area contributed by atoms with E-state index < -0.39 is 13.7 Å². The Kier molecular flexibility index (Phi) is 5.77. The number of hydrogen-bond donors (Lipinski definition) is 1. The summed E-state index contributed by atoms with van der Waals surface area (Å²) in [5.41, 5.74) is 2.12. The van der Waals surface area contributed by atoms with Crippen molar-refractivity contribution < 1.29 is 4.74 Å². The Balaban J connectivity index is 2.03. The molecule has 1 fully saturated rings. The van der Waals surface area contributed by atoms with Crippen molar-refractivity contribution in [1.29, 1.82) is 0 Å². The van der Waals surface area contributed by atoms with Crippen LogP contribution in [0.3, 0.4) is 0 Å². The second-order valence-corrected chi connectivity index (χ2v) is 13.9. The Morgan fingerprint density at radius 2 is 1.52 bits per heavy atom. The number of ether oxygens (including phenoxy) is 1. The first-order chi connectivity index (χ1) is 12.0. The van der Waals surface area contributed by atoms with Gasteiger partial charge in [0.1, 0.15) is 5.60 Å². The molecule has 1 saturated heterocycles. The van der Waals surface area contributed by atoms with E-state index in [-0.39, 0.29) is 0 Å². The minimum absolute atomic E-state index is 0.318. The molecule has 0 amide bonds. The molecule has 25 heavy (non-hydrogen) atoms. The van der Waals surface area contributed by atoms with Gasteiger partial charge in [-0.25, -0.2) is 0 Å². The normalized spacial score (nSPS) is 18.4. The fourth-order valence-electron chi connectivity index (χ4n) is 3.76. The molecular weight excluding hydrogens is 322 g/mol. The average molecular weight is 354 g/mol. The largest absolute Gasteiger partial charge is 0.364 e. The van der Waals surface area contributed by atoms with E-state index in [1.807, 2.05) is 0 Å². The van der Waals surface area contributed by atoms with Gasteiger partial charge in [0.05, 0.1) is 0 Å². The highest BCUT2D eigenvalue weighted by Crippen LogP contribution is 2.40. The lowest BCUT2D eigenvalue weighted by Gasteiger charge is -2.41. The highest BCUT2D eigenvalue weighted by atomic mass is 28.3. The highest BCUT2D eigenvalue weighted by molar-refractivity contribution is 6.76. The molecule has 0 spiro atoms. The monoisotopic (exact) mass is 353 g/mol. The highest BCUT2D eigenvalue weighted by Gasteiger charge is 2.44. The molecule has 0 radical (unpaired) electrons. The van der Waals surface area contributed by atoms with Gasteiger partial charge in [0, 0.05) is 20.7 Å². The van der Waals surface area contributed by atoms with Crippen LogP contribution in [-0.4, -0.2) is 27.3 Å². The van der Waals surface area contributed by atoms with Crippen LogP contribution in [0.15, 0.2) is 60.7 Å². The van der Waals surface area contributed by atoms with Crippen molar-refractivity contribution in [3.63, 3.8) is 0 Å². The first-order valence-electron chi connectivity index (χ1n) is 9.51. The van der Waals surface area contributed by atoms with E-state index in [9.17, 15) is 0 Å². The molecule has 1 heterocycles. The number of benzene rings is 2. The van der Waals surface area contributed by atoms with Gasteiger partial charge in [-0.3, -0.25) is 0 Å². The van der Waals surface area contributed by atoms with Crippen LogP contribution in [0.2, 0.25) is 25.7 Å². The van der Waals surface area contributed by atoms with Gasteiger partial charge in [0.2, 0.25) is 0 Å². The fourth-order valence-corrected chi connectivity index (χ4v) is 4.47. The predicted octanol–water partition coefficient (Wildman–Crippen LogP) is 5.04. The maximum absolute atomic E-state index is 6.83. The maximum Gasteiger partial charge on any atom is 0.133 e. The SMILES string of the molecule is C[Si](C)(C)CCOC(c1ccccc1)(c1ccccc1)[C@@H]1CCCN1. The fraction of sp³-hybridized carbons (Fsp3) is 0.455. The van der Waals surface area contributed by atoms with Gasteiger partial charge >= 0.3 is 0 Å². The average Bonchev–Trinajstić information content (AvgIpc) is 3.14. The molecule has 0 unspecified atom stereocenters. The van der Waals surface area contributed by atoms with Crippen LogP contribution < -0.4 is 5.32 Å². The lowest BCUT2D eigenvalue weighted by Crippen LogP contribution is -2.49. The van der Waals surface area contributed by atoms with Crippen LogP contribution >= 0.6 is 0 Å². The Hall–Kier alpha value is -1.42. The van der Waals surface area contributed by atoms with E-state index in [0.29, 0.717) is 6.04 Å². The molecule has 0 aromatic heterocycles. The molecule has 0 aliphatic carbocycles. The van der Waals surface area contributed by atoms with E-state index in [0.717, 1.165) is 19.6 Å². The zero-order chi connectivity index (χ0) is 17.8. The van der Waals surface area contributed by atoms with Crippen molar-refractivity contribution >= 4 is 8.07 Å². The first kappa shape index (κ1) is 18.4. The Bertz CT molecular complexity index is 605. The van der Waals surface area contributed by atoms with Crippen LogP contribution in [0.4, 0.5) is 0 Å². The second-order valence-electron chi connectivity index (χ2n) is 8.28. The Labute approximate surface area is 153 Å². The summed E-state index contributed by atoms with van der Waals surface area (Å²) in [5.74, 6) is 0. The summed E-state index contributed by atoms with van der Waals surface area (Å²) in [6.07, 6.45) is 2.36. The summed E-state index contributed by atoms with van der Waals surface area (Å²) < 4.78 is 6.83. The van der Waals surface area contributed by atoms with Gasteiger partial charge in [-0.2, -0.15) is 0 Å². The Morgan fingerprint density at radius 3 is 1.96 bits per heavy atom. The van der Waals surface area contributed by atoms with E-state index in [4.69, 9.17) is 4.74 Å². The molecule has 1 atom stereocenters. The summed E-state index contributed by atoms with van der Waals surface area (Å²) in [5, 5.41) is 3.73. The molecule has 1 aliphatic heterocycles. The van der Waals surface area contributed by atoms with Gasteiger partial charge in [-0.05, 0) is 36.6 Å². The summed E-state index contributed by atoms with van der Waals surface area (Å²) in [6.45, 7) is 9.13. The van der Waals surface area contributed by atoms with Crippen LogP contribution in [0.25, 0.3) is 0 Å². The van der Waals surface area contributed by atoms with Gasteiger partial charge in [-0.15, -0.1) is 0 Å². The number of hydrogen-bond acceptors (Lipinski definition) is 2. The Morgan fingerprint density at radius 1 is 0.960 bits per heavy atom. The smallest absolute Gasteiger partial charge is 0.133 e. The van der Waals surface area contributed by atoms with Crippen molar-refractivity contribution in [1.82, 2.24) is 5.32 Å². The minimum Gasteiger partial charge on any atom is -0.364 e. The zero-order valence-electron chi connectivity index (χ0n) is 15.8. The summed E-state index contributed by atoms with van der Waals surface area (Å²) in [6, 6.07) is 23.1. The molecule has 2 aromatic carbocycles. The molecule has 2 nitrogen and oxygen atoms in total. The molecule has 0 saturated carbocycles. The van der Waals surface area contributed by atoms with Crippen molar-refractivity contribution in [3.8, 4) is 0 Å². The third-order valence-corrected chi connectivity index (χ3v) is 6.84. The van der Waals surface area contributed by atoms with Gasteiger partial charge in [0.15, 0.2) is 0 Å². The van der Waals surface area contributed by atoms with Crippen molar-refractivity contribution in [2.75, 3.05) is 13.2 Å². The van der Waals surface area contributed by atoms with Crippen LogP contribution in [0.5, 0.6) is 0 Å². The molecular formula is C22H31NOSi. The van der Waals surface area contributed by atoms with Gasteiger partial charge in [0.25, 0.3) is 0 Å². The molecule has 1 aliphatic rings. The van der Waals surface area contributed by atoms with Gasteiger partial charge in [-0.1, -0.05) is 80.3 Å². The van der Waals surface area contributed by atoms with E-state index >= 15 is 0 Å². The zero-order valence-corrected chi connectivity index (χ0v) is 16.8. The molecule has 134 valence electrons. The van der Waals surface area contributed by atoms with E-state index in [1.54, 1.807) is 0 Å². The van der Waals surface area contributed by atoms with E-state index in [1.165, 1.54) is 23.6 Å². The molecule has 1 N–H and O–H groups in total. The van der Waals surface area contributed by atoms with Crippen molar-refractivity contribution in [2.45, 2.75) is 50.2 Å². The molecule has 3 rings (SSSR count). The molecule has 3 heteroatoms. The second kappa shape index (κ2) is 7.86. The number of rotatable bonds is 7. The lowest BCUT2D eigenvalue weighted by molar-refractivity contribution is -0.0359. The van der Waals surface area contributed by atoms with Crippen LogP contribution in [0.1, 0.15) is 24.0 Å². The van der Waals surface area contributed by atoms with Crippen LogP contribution in [-0.2, 0) is 10.3 Å². The topological polar surface area (TPSA) is 21.3 Å². The predicted molar refractivity (Wildman–Crippen MR) is 109 cm³/mol. The summed E-state index contributed by atoms with van der Waals surface area (Å²) in [7, 11) is -1.14. The van der Waals surface area contributed by atoms with Crippen LogP contribution in [0, 0.1) is 0 Å². The number of nitrogens with one attached hydrogen (secondary N) is 1.